The first kappa shape index (κ1) is 9.39. The normalized spacial score (nSPS) is 26.5. The lowest BCUT2D eigenvalue weighted by Gasteiger charge is -2.28. The molecule has 0 spiro atoms. The van der Waals surface area contributed by atoms with Gasteiger partial charge in [0.1, 0.15) is 12.7 Å². The van der Waals surface area contributed by atoms with Crippen LogP contribution in [0.4, 0.5) is 0 Å². The molecule has 1 N–H and O–H groups in total. The van der Waals surface area contributed by atoms with Crippen molar-refractivity contribution < 1.29 is 9.53 Å². The van der Waals surface area contributed by atoms with E-state index in [0.29, 0.717) is 0 Å². The van der Waals surface area contributed by atoms with Gasteiger partial charge in [0.25, 0.3) is 0 Å². The van der Waals surface area contributed by atoms with E-state index < -0.39 is 9.90 Å². The molecule has 1 rings (SSSR count). The second-order valence-corrected chi connectivity index (χ2v) is 4.51. The average Bonchev–Trinajstić information content (AvgIpc) is 1.86. The SMILES string of the molecule is O=C1CO[C@H](C(Cl)(Cl)Cl)CN1. The highest BCUT2D eigenvalue weighted by Crippen LogP contribution is 2.32. The number of alkyl halides is 3. The third-order valence-electron chi connectivity index (χ3n) is 1.27. The van der Waals surface area contributed by atoms with Gasteiger partial charge in [0.15, 0.2) is 0 Å². The van der Waals surface area contributed by atoms with Gasteiger partial charge in [-0.05, 0) is 0 Å². The average molecular weight is 218 g/mol. The van der Waals surface area contributed by atoms with Crippen LogP contribution in [0.1, 0.15) is 0 Å². The molecule has 1 saturated heterocycles. The second-order valence-electron chi connectivity index (χ2n) is 2.15. The quantitative estimate of drug-likeness (QED) is 0.613. The summed E-state index contributed by atoms with van der Waals surface area (Å²) in [5.74, 6) is -0.185. The molecule has 1 heterocycles. The monoisotopic (exact) mass is 217 g/mol. The zero-order chi connectivity index (χ0) is 8.48. The van der Waals surface area contributed by atoms with Gasteiger partial charge >= 0.3 is 0 Å². The van der Waals surface area contributed by atoms with Crippen molar-refractivity contribution in [1.29, 1.82) is 0 Å². The Kier molecular flexibility index (Phi) is 2.86. The van der Waals surface area contributed by atoms with Gasteiger partial charge in [-0.3, -0.25) is 4.79 Å². The van der Waals surface area contributed by atoms with Gasteiger partial charge in [-0.15, -0.1) is 0 Å². The lowest BCUT2D eigenvalue weighted by Crippen LogP contribution is -2.48. The molecule has 1 aliphatic heterocycles. The van der Waals surface area contributed by atoms with Crippen LogP contribution in [-0.2, 0) is 9.53 Å². The standard InChI is InChI=1S/C5H6Cl3NO2/c6-5(7,8)3-1-9-4(10)2-11-3/h3H,1-2H2,(H,9,10)/t3-/m0/s1. The Morgan fingerprint density at radius 2 is 2.18 bits per heavy atom. The van der Waals surface area contributed by atoms with Gasteiger partial charge in [0, 0.05) is 6.54 Å². The number of halogens is 3. The number of hydrogen-bond acceptors (Lipinski definition) is 2. The van der Waals surface area contributed by atoms with Crippen LogP contribution in [0.15, 0.2) is 0 Å². The summed E-state index contributed by atoms with van der Waals surface area (Å²) in [6, 6.07) is 0. The Hall–Kier alpha value is 0.300. The highest BCUT2D eigenvalue weighted by atomic mass is 35.6. The maximum Gasteiger partial charge on any atom is 0.246 e. The van der Waals surface area contributed by atoms with Gasteiger partial charge in [-0.25, -0.2) is 0 Å². The van der Waals surface area contributed by atoms with E-state index in [9.17, 15) is 4.79 Å². The van der Waals surface area contributed by atoms with E-state index in [1.54, 1.807) is 0 Å². The molecule has 0 bridgehead atoms. The van der Waals surface area contributed by atoms with Crippen LogP contribution in [0, 0.1) is 0 Å². The predicted molar refractivity (Wildman–Crippen MR) is 43.0 cm³/mol. The van der Waals surface area contributed by atoms with E-state index in [0.717, 1.165) is 0 Å². The van der Waals surface area contributed by atoms with Crippen molar-refractivity contribution in [3.63, 3.8) is 0 Å². The smallest absolute Gasteiger partial charge is 0.246 e. The number of amides is 1. The molecule has 6 heteroatoms. The van der Waals surface area contributed by atoms with Crippen LogP contribution >= 0.6 is 34.8 Å². The molecule has 0 aromatic rings. The summed E-state index contributed by atoms with van der Waals surface area (Å²) in [4.78, 5) is 10.6. The lowest BCUT2D eigenvalue weighted by molar-refractivity contribution is -0.132. The first-order valence-electron chi connectivity index (χ1n) is 2.95. The van der Waals surface area contributed by atoms with E-state index >= 15 is 0 Å². The number of carbonyl (C=O) groups is 1. The molecule has 1 atom stereocenters. The molecular formula is C5H6Cl3NO2. The molecule has 0 unspecified atom stereocenters. The van der Waals surface area contributed by atoms with Crippen LogP contribution in [0.25, 0.3) is 0 Å². The summed E-state index contributed by atoms with van der Waals surface area (Å²) in [5.41, 5.74) is 0. The van der Waals surface area contributed by atoms with E-state index in [1.807, 2.05) is 0 Å². The molecule has 0 aromatic heterocycles. The molecule has 11 heavy (non-hydrogen) atoms. The topological polar surface area (TPSA) is 38.3 Å². The highest BCUT2D eigenvalue weighted by molar-refractivity contribution is 6.68. The van der Waals surface area contributed by atoms with E-state index in [4.69, 9.17) is 39.5 Å². The molecule has 1 aliphatic rings. The van der Waals surface area contributed by atoms with Gasteiger partial charge in [-0.2, -0.15) is 0 Å². The van der Waals surface area contributed by atoms with Gasteiger partial charge in [0.05, 0.1) is 0 Å². The first-order valence-corrected chi connectivity index (χ1v) is 4.08. The van der Waals surface area contributed by atoms with Crippen molar-refractivity contribution in [2.24, 2.45) is 0 Å². The van der Waals surface area contributed by atoms with Gasteiger partial charge < -0.3 is 10.1 Å². The Bertz CT molecular complexity index is 158. The molecule has 64 valence electrons. The Morgan fingerprint density at radius 3 is 2.55 bits per heavy atom. The molecule has 0 aromatic carbocycles. The first-order chi connectivity index (χ1) is 5.00. The van der Waals surface area contributed by atoms with E-state index in [2.05, 4.69) is 5.32 Å². The maximum atomic E-state index is 10.6. The minimum absolute atomic E-state index is 0.0431. The van der Waals surface area contributed by atoms with Crippen molar-refractivity contribution in [3.8, 4) is 0 Å². The number of nitrogens with one attached hydrogen (secondary N) is 1. The van der Waals surface area contributed by atoms with Crippen molar-refractivity contribution in [2.75, 3.05) is 13.2 Å². The fraction of sp³-hybridized carbons (Fsp3) is 0.800. The predicted octanol–water partition coefficient (Wildman–Crippen LogP) is 0.872. The zero-order valence-electron chi connectivity index (χ0n) is 5.44. The summed E-state index contributed by atoms with van der Waals surface area (Å²) in [7, 11) is 0. The van der Waals surface area contributed by atoms with Crippen molar-refractivity contribution in [2.45, 2.75) is 9.90 Å². The molecule has 0 radical (unpaired) electrons. The van der Waals surface area contributed by atoms with Crippen LogP contribution in [0.3, 0.4) is 0 Å². The third kappa shape index (κ3) is 2.67. The molecule has 0 aliphatic carbocycles. The van der Waals surface area contributed by atoms with Crippen LogP contribution in [0.2, 0.25) is 0 Å². The molecule has 3 nitrogen and oxygen atoms in total. The molecule has 1 fully saturated rings. The fourth-order valence-electron chi connectivity index (χ4n) is 0.703. The number of hydrogen-bond donors (Lipinski definition) is 1. The number of ether oxygens (including phenoxy) is 1. The van der Waals surface area contributed by atoms with Crippen LogP contribution in [0.5, 0.6) is 0 Å². The second kappa shape index (κ2) is 3.35. The van der Waals surface area contributed by atoms with Gasteiger partial charge in [-0.1, -0.05) is 34.8 Å². The molecular weight excluding hydrogens is 212 g/mol. The van der Waals surface area contributed by atoms with Crippen molar-refractivity contribution in [3.05, 3.63) is 0 Å². The Morgan fingerprint density at radius 1 is 1.55 bits per heavy atom. The maximum absolute atomic E-state index is 10.6. The summed E-state index contributed by atoms with van der Waals surface area (Å²) >= 11 is 16.5. The largest absolute Gasteiger partial charge is 0.362 e. The zero-order valence-corrected chi connectivity index (χ0v) is 7.71. The number of rotatable bonds is 0. The summed E-state index contributed by atoms with van der Waals surface area (Å²) in [5, 5.41) is 2.52. The third-order valence-corrected chi connectivity index (χ3v) is 2.00. The van der Waals surface area contributed by atoms with Crippen molar-refractivity contribution in [1.82, 2.24) is 5.32 Å². The number of carbonyl (C=O) groups excluding carboxylic acids is 1. The minimum Gasteiger partial charge on any atom is -0.362 e. The summed E-state index contributed by atoms with van der Waals surface area (Å²) < 4.78 is 3.48. The lowest BCUT2D eigenvalue weighted by atomic mass is 10.3. The Labute approximate surface area is 78.9 Å². The molecule has 1 amide bonds. The van der Waals surface area contributed by atoms with E-state index in [-0.39, 0.29) is 19.1 Å². The summed E-state index contributed by atoms with van der Waals surface area (Å²) in [6.45, 7) is 0.202. The van der Waals surface area contributed by atoms with Gasteiger partial charge in [0.2, 0.25) is 9.70 Å². The van der Waals surface area contributed by atoms with E-state index in [1.165, 1.54) is 0 Å². The fourth-order valence-corrected chi connectivity index (χ4v) is 1.12. The van der Waals surface area contributed by atoms with Crippen molar-refractivity contribution >= 4 is 40.7 Å². The Balaban J connectivity index is 2.45. The number of morpholine rings is 1. The highest BCUT2D eigenvalue weighted by Gasteiger charge is 2.36. The minimum atomic E-state index is -1.46. The molecule has 0 saturated carbocycles. The van der Waals surface area contributed by atoms with Crippen LogP contribution < -0.4 is 5.32 Å². The van der Waals surface area contributed by atoms with Crippen LogP contribution in [-0.4, -0.2) is 29.0 Å². The summed E-state index contributed by atoms with van der Waals surface area (Å²) in [6.07, 6.45) is -0.551.